The minimum absolute atomic E-state index is 0.0315. The molecule has 0 aromatic rings. The summed E-state index contributed by atoms with van der Waals surface area (Å²) in [7, 11) is 0. The van der Waals surface area contributed by atoms with Gasteiger partial charge in [-0.3, -0.25) is 0 Å². The van der Waals surface area contributed by atoms with Crippen LogP contribution in [0.25, 0.3) is 0 Å². The number of aliphatic hydroxyl groups excluding tert-OH is 2. The van der Waals surface area contributed by atoms with Gasteiger partial charge >= 0.3 is 0 Å². The van der Waals surface area contributed by atoms with Crippen molar-refractivity contribution in [3.8, 4) is 0 Å². The molecule has 92 valence electrons. The van der Waals surface area contributed by atoms with Gasteiger partial charge in [-0.25, -0.2) is 0 Å². The average Bonchev–Trinajstić information content (AvgIpc) is 2.23. The van der Waals surface area contributed by atoms with E-state index in [0.29, 0.717) is 13.2 Å². The summed E-state index contributed by atoms with van der Waals surface area (Å²) >= 11 is 0. The summed E-state index contributed by atoms with van der Waals surface area (Å²) in [6, 6.07) is 0. The van der Waals surface area contributed by atoms with Crippen molar-refractivity contribution in [1.29, 1.82) is 0 Å². The lowest BCUT2D eigenvalue weighted by atomic mass is 10.1. The summed E-state index contributed by atoms with van der Waals surface area (Å²) in [5, 5.41) is 17.9. The van der Waals surface area contributed by atoms with Crippen molar-refractivity contribution in [2.24, 2.45) is 0 Å². The van der Waals surface area contributed by atoms with Gasteiger partial charge in [-0.05, 0) is 6.42 Å². The van der Waals surface area contributed by atoms with Gasteiger partial charge in [-0.15, -0.1) is 0 Å². The Morgan fingerprint density at radius 2 is 1.73 bits per heavy atom. The molecule has 0 rings (SSSR count). The van der Waals surface area contributed by atoms with Crippen molar-refractivity contribution in [2.45, 2.75) is 58.0 Å². The number of unbranched alkanes of at least 4 members (excludes halogenated alkanes) is 5. The van der Waals surface area contributed by atoms with Gasteiger partial charge < -0.3 is 14.9 Å². The smallest absolute Gasteiger partial charge is 0.0773 e. The SMILES string of the molecule is CCCCCCCCC(O)COCCO. The molecule has 3 nitrogen and oxygen atoms in total. The highest BCUT2D eigenvalue weighted by Gasteiger charge is 2.03. The van der Waals surface area contributed by atoms with Crippen LogP contribution in [0.3, 0.4) is 0 Å². The van der Waals surface area contributed by atoms with E-state index in [-0.39, 0.29) is 12.7 Å². The lowest BCUT2D eigenvalue weighted by Gasteiger charge is -2.10. The molecule has 1 unspecified atom stereocenters. The van der Waals surface area contributed by atoms with Crippen molar-refractivity contribution < 1.29 is 14.9 Å². The van der Waals surface area contributed by atoms with Crippen molar-refractivity contribution in [2.75, 3.05) is 19.8 Å². The average molecular weight is 218 g/mol. The summed E-state index contributed by atoms with van der Waals surface area (Å²) in [6.45, 7) is 2.93. The molecule has 1 atom stereocenters. The first kappa shape index (κ1) is 14.9. The predicted molar refractivity (Wildman–Crippen MR) is 61.9 cm³/mol. The molecule has 0 radical (unpaired) electrons. The molecule has 0 fully saturated rings. The molecular formula is C12H26O3. The fourth-order valence-corrected chi connectivity index (χ4v) is 1.53. The molecule has 0 saturated carbocycles. The van der Waals surface area contributed by atoms with Crippen molar-refractivity contribution in [3.63, 3.8) is 0 Å². The molecule has 2 N–H and O–H groups in total. The van der Waals surface area contributed by atoms with E-state index in [1.54, 1.807) is 0 Å². The Balaban J connectivity index is 3.06. The van der Waals surface area contributed by atoms with Crippen LogP contribution in [-0.4, -0.2) is 36.1 Å². The number of aliphatic hydroxyl groups is 2. The molecule has 0 saturated heterocycles. The van der Waals surface area contributed by atoms with Gasteiger partial charge in [0.05, 0.1) is 25.9 Å². The van der Waals surface area contributed by atoms with Gasteiger partial charge in [0.25, 0.3) is 0 Å². The minimum Gasteiger partial charge on any atom is -0.394 e. The Morgan fingerprint density at radius 1 is 1.07 bits per heavy atom. The van der Waals surface area contributed by atoms with Gasteiger partial charge in [0.2, 0.25) is 0 Å². The number of hydrogen-bond acceptors (Lipinski definition) is 3. The predicted octanol–water partition coefficient (Wildman–Crippen LogP) is 2.11. The zero-order chi connectivity index (χ0) is 11.4. The van der Waals surface area contributed by atoms with Crippen LogP contribution in [0.2, 0.25) is 0 Å². The molecule has 0 spiro atoms. The highest BCUT2D eigenvalue weighted by atomic mass is 16.5. The molecule has 0 aliphatic carbocycles. The second-order valence-electron chi connectivity index (χ2n) is 4.01. The van der Waals surface area contributed by atoms with E-state index in [4.69, 9.17) is 9.84 Å². The lowest BCUT2D eigenvalue weighted by Crippen LogP contribution is -2.16. The van der Waals surface area contributed by atoms with Crippen LogP contribution in [-0.2, 0) is 4.74 Å². The zero-order valence-electron chi connectivity index (χ0n) is 9.95. The number of ether oxygens (including phenoxy) is 1. The Bertz CT molecular complexity index is 117. The number of rotatable bonds is 11. The molecule has 0 aromatic carbocycles. The highest BCUT2D eigenvalue weighted by Crippen LogP contribution is 2.08. The molecule has 0 amide bonds. The zero-order valence-corrected chi connectivity index (χ0v) is 9.95. The first-order valence-electron chi connectivity index (χ1n) is 6.18. The molecule has 0 aliphatic heterocycles. The Hall–Kier alpha value is -0.120. The summed E-state index contributed by atoms with van der Waals surface area (Å²) in [5.41, 5.74) is 0. The standard InChI is InChI=1S/C12H26O3/c1-2-3-4-5-6-7-8-12(14)11-15-10-9-13/h12-14H,2-11H2,1H3. The summed E-state index contributed by atoms with van der Waals surface area (Å²) in [5.74, 6) is 0. The molecule has 0 aliphatic rings. The minimum atomic E-state index is -0.359. The fourth-order valence-electron chi connectivity index (χ4n) is 1.53. The Labute approximate surface area is 93.5 Å². The normalized spacial score (nSPS) is 13.0. The van der Waals surface area contributed by atoms with E-state index < -0.39 is 0 Å². The molecular weight excluding hydrogens is 192 g/mol. The molecule has 0 bridgehead atoms. The Kier molecular flexibility index (Phi) is 11.9. The van der Waals surface area contributed by atoms with Crippen LogP contribution < -0.4 is 0 Å². The Morgan fingerprint density at radius 3 is 2.40 bits per heavy atom. The topological polar surface area (TPSA) is 49.7 Å². The first-order valence-corrected chi connectivity index (χ1v) is 6.18. The van der Waals surface area contributed by atoms with Gasteiger partial charge in [0.15, 0.2) is 0 Å². The van der Waals surface area contributed by atoms with Crippen molar-refractivity contribution in [3.05, 3.63) is 0 Å². The van der Waals surface area contributed by atoms with E-state index in [1.165, 1.54) is 32.1 Å². The van der Waals surface area contributed by atoms with E-state index in [0.717, 1.165) is 12.8 Å². The van der Waals surface area contributed by atoms with Crippen LogP contribution in [0.4, 0.5) is 0 Å². The van der Waals surface area contributed by atoms with Gasteiger partial charge in [-0.2, -0.15) is 0 Å². The van der Waals surface area contributed by atoms with Crippen LogP contribution in [0.1, 0.15) is 51.9 Å². The molecule has 0 aromatic heterocycles. The maximum Gasteiger partial charge on any atom is 0.0773 e. The maximum absolute atomic E-state index is 9.47. The molecule has 15 heavy (non-hydrogen) atoms. The number of hydrogen-bond donors (Lipinski definition) is 2. The maximum atomic E-state index is 9.47. The third-order valence-electron chi connectivity index (χ3n) is 2.44. The quantitative estimate of drug-likeness (QED) is 0.522. The van der Waals surface area contributed by atoms with Crippen molar-refractivity contribution >= 4 is 0 Å². The lowest BCUT2D eigenvalue weighted by molar-refractivity contribution is 0.0170. The third-order valence-corrected chi connectivity index (χ3v) is 2.44. The second kappa shape index (κ2) is 12.0. The van der Waals surface area contributed by atoms with Crippen LogP contribution in [0, 0.1) is 0 Å². The third kappa shape index (κ3) is 11.8. The van der Waals surface area contributed by atoms with Crippen LogP contribution in [0.5, 0.6) is 0 Å². The largest absolute Gasteiger partial charge is 0.394 e. The summed E-state index contributed by atoms with van der Waals surface area (Å²) in [6.07, 6.45) is 7.93. The van der Waals surface area contributed by atoms with E-state index in [2.05, 4.69) is 6.92 Å². The molecule has 3 heteroatoms. The monoisotopic (exact) mass is 218 g/mol. The van der Waals surface area contributed by atoms with E-state index in [9.17, 15) is 5.11 Å². The van der Waals surface area contributed by atoms with E-state index in [1.807, 2.05) is 0 Å². The molecule has 0 heterocycles. The van der Waals surface area contributed by atoms with Gasteiger partial charge in [0.1, 0.15) is 0 Å². The van der Waals surface area contributed by atoms with E-state index >= 15 is 0 Å². The van der Waals surface area contributed by atoms with Crippen LogP contribution >= 0.6 is 0 Å². The van der Waals surface area contributed by atoms with Crippen molar-refractivity contribution in [1.82, 2.24) is 0 Å². The second-order valence-corrected chi connectivity index (χ2v) is 4.01. The summed E-state index contributed by atoms with van der Waals surface area (Å²) < 4.78 is 5.04. The summed E-state index contributed by atoms with van der Waals surface area (Å²) in [4.78, 5) is 0. The fraction of sp³-hybridized carbons (Fsp3) is 1.00. The highest BCUT2D eigenvalue weighted by molar-refractivity contribution is 4.54. The van der Waals surface area contributed by atoms with Gasteiger partial charge in [0, 0.05) is 0 Å². The first-order chi connectivity index (χ1) is 7.31. The van der Waals surface area contributed by atoms with Gasteiger partial charge in [-0.1, -0.05) is 45.4 Å². The van der Waals surface area contributed by atoms with Crippen LogP contribution in [0.15, 0.2) is 0 Å².